The predicted octanol–water partition coefficient (Wildman–Crippen LogP) is 3.72. The van der Waals surface area contributed by atoms with Crippen molar-refractivity contribution in [3.05, 3.63) is 29.5 Å². The van der Waals surface area contributed by atoms with Gasteiger partial charge in [-0.15, -0.1) is 0 Å². The van der Waals surface area contributed by atoms with E-state index >= 15 is 0 Å². The van der Waals surface area contributed by atoms with Crippen LogP contribution in [0.4, 0.5) is 0 Å². The van der Waals surface area contributed by atoms with Gasteiger partial charge in [-0.25, -0.2) is 0 Å². The van der Waals surface area contributed by atoms with Crippen LogP contribution in [0.25, 0.3) is 11.0 Å². The first kappa shape index (κ1) is 13.0. The van der Waals surface area contributed by atoms with Gasteiger partial charge in [-0.05, 0) is 55.4 Å². The molecule has 4 nitrogen and oxygen atoms in total. The van der Waals surface area contributed by atoms with Crippen LogP contribution in [0.3, 0.4) is 0 Å². The molecule has 1 atom stereocenters. The topological polar surface area (TPSA) is 59.7 Å². The Kier molecular flexibility index (Phi) is 3.16. The maximum atomic E-state index is 11.1. The molecule has 1 unspecified atom stereocenters. The summed E-state index contributed by atoms with van der Waals surface area (Å²) in [4.78, 5) is 11.1. The van der Waals surface area contributed by atoms with Crippen molar-refractivity contribution in [2.75, 3.05) is 7.11 Å². The number of hydrogen-bond donors (Lipinski definition) is 1. The fourth-order valence-corrected chi connectivity index (χ4v) is 2.88. The fourth-order valence-electron chi connectivity index (χ4n) is 2.88. The number of rotatable bonds is 5. The monoisotopic (exact) mass is 274 g/mol. The highest BCUT2D eigenvalue weighted by Gasteiger charge is 2.34. The van der Waals surface area contributed by atoms with Gasteiger partial charge in [-0.3, -0.25) is 4.79 Å². The second kappa shape index (κ2) is 4.85. The van der Waals surface area contributed by atoms with Crippen LogP contribution in [0.5, 0.6) is 5.75 Å². The van der Waals surface area contributed by atoms with E-state index in [1.807, 2.05) is 25.1 Å². The zero-order valence-electron chi connectivity index (χ0n) is 11.7. The first-order chi connectivity index (χ1) is 9.58. The number of ether oxygens (including phenoxy) is 1. The molecule has 0 saturated heterocycles. The highest BCUT2D eigenvalue weighted by atomic mass is 16.5. The number of carboxylic acid groups (broad SMARTS) is 1. The number of benzene rings is 1. The summed E-state index contributed by atoms with van der Waals surface area (Å²) in [5.74, 6) is 1.32. The van der Waals surface area contributed by atoms with Gasteiger partial charge in [0.15, 0.2) is 11.3 Å². The summed E-state index contributed by atoms with van der Waals surface area (Å²) in [6.45, 7) is 1.90. The highest BCUT2D eigenvalue weighted by molar-refractivity contribution is 5.85. The van der Waals surface area contributed by atoms with Gasteiger partial charge in [0.1, 0.15) is 5.76 Å². The first-order valence-electron chi connectivity index (χ1n) is 6.88. The highest BCUT2D eigenvalue weighted by Crippen LogP contribution is 2.46. The summed E-state index contributed by atoms with van der Waals surface area (Å²) in [5.41, 5.74) is 1.78. The molecule has 20 heavy (non-hydrogen) atoms. The summed E-state index contributed by atoms with van der Waals surface area (Å²) < 4.78 is 11.0. The Hall–Kier alpha value is -1.97. The molecule has 0 spiro atoms. The second-order valence-corrected chi connectivity index (χ2v) is 5.54. The smallest absolute Gasteiger partial charge is 0.303 e. The van der Waals surface area contributed by atoms with Crippen LogP contribution < -0.4 is 4.74 Å². The molecule has 1 fully saturated rings. The lowest BCUT2D eigenvalue weighted by molar-refractivity contribution is -0.137. The van der Waals surface area contributed by atoms with Crippen LogP contribution in [0.15, 0.2) is 22.6 Å². The number of hydrogen-bond acceptors (Lipinski definition) is 3. The molecule has 0 radical (unpaired) electrons. The van der Waals surface area contributed by atoms with E-state index in [1.165, 1.54) is 0 Å². The van der Waals surface area contributed by atoms with Crippen LogP contribution in [-0.2, 0) is 4.79 Å². The molecule has 3 rings (SSSR count). The Labute approximate surface area is 117 Å². The molecule has 106 valence electrons. The summed E-state index contributed by atoms with van der Waals surface area (Å²) >= 11 is 0. The van der Waals surface area contributed by atoms with Crippen molar-refractivity contribution < 1.29 is 19.1 Å². The number of furan rings is 1. The van der Waals surface area contributed by atoms with E-state index in [4.69, 9.17) is 14.3 Å². The molecule has 4 heteroatoms. The van der Waals surface area contributed by atoms with Gasteiger partial charge in [0.25, 0.3) is 0 Å². The third kappa shape index (κ3) is 2.38. The number of carboxylic acids is 1. The normalized spacial score (nSPS) is 16.3. The minimum Gasteiger partial charge on any atom is -0.493 e. The van der Waals surface area contributed by atoms with Crippen molar-refractivity contribution >= 4 is 16.9 Å². The van der Waals surface area contributed by atoms with Crippen molar-refractivity contribution in [1.82, 2.24) is 0 Å². The van der Waals surface area contributed by atoms with Crippen molar-refractivity contribution in [3.8, 4) is 5.75 Å². The van der Waals surface area contributed by atoms with Gasteiger partial charge in [0.2, 0.25) is 0 Å². The third-order valence-corrected chi connectivity index (χ3v) is 3.96. The van der Waals surface area contributed by atoms with E-state index in [0.29, 0.717) is 11.7 Å². The maximum Gasteiger partial charge on any atom is 0.303 e. The minimum absolute atomic E-state index is 0.0704. The molecule has 1 aliphatic carbocycles. The first-order valence-corrected chi connectivity index (χ1v) is 6.88. The molecule has 2 aromatic rings. The minimum atomic E-state index is -0.746. The molecule has 1 saturated carbocycles. The van der Waals surface area contributed by atoms with E-state index in [0.717, 1.165) is 35.1 Å². The Bertz CT molecular complexity index is 652. The largest absolute Gasteiger partial charge is 0.493 e. The second-order valence-electron chi connectivity index (χ2n) is 5.54. The van der Waals surface area contributed by atoms with Gasteiger partial charge in [0.05, 0.1) is 13.5 Å². The van der Waals surface area contributed by atoms with Crippen molar-refractivity contribution in [1.29, 1.82) is 0 Å². The zero-order chi connectivity index (χ0) is 14.3. The van der Waals surface area contributed by atoms with E-state index in [1.54, 1.807) is 7.11 Å². The quantitative estimate of drug-likeness (QED) is 0.902. The molecule has 1 aromatic heterocycles. The van der Waals surface area contributed by atoms with Crippen LogP contribution >= 0.6 is 0 Å². The molecule has 1 heterocycles. The molecule has 1 aromatic carbocycles. The van der Waals surface area contributed by atoms with Crippen LogP contribution in [-0.4, -0.2) is 18.2 Å². The number of fused-ring (bicyclic) bond motifs is 1. The maximum absolute atomic E-state index is 11.1. The SMILES string of the molecule is COc1cc(C(CC(=O)O)C2CC2)cc2cc(C)oc12. The van der Waals surface area contributed by atoms with E-state index < -0.39 is 5.97 Å². The zero-order valence-corrected chi connectivity index (χ0v) is 11.7. The lowest BCUT2D eigenvalue weighted by Gasteiger charge is -2.15. The average Bonchev–Trinajstić information content (AvgIpc) is 3.16. The van der Waals surface area contributed by atoms with E-state index in [2.05, 4.69) is 0 Å². The molecule has 1 aliphatic rings. The lowest BCUT2D eigenvalue weighted by atomic mass is 9.90. The van der Waals surface area contributed by atoms with Gasteiger partial charge >= 0.3 is 5.97 Å². The fraction of sp³-hybridized carbons (Fsp3) is 0.438. The molecule has 0 aliphatic heterocycles. The van der Waals surface area contributed by atoms with E-state index in [9.17, 15) is 4.79 Å². The van der Waals surface area contributed by atoms with Crippen molar-refractivity contribution in [2.24, 2.45) is 5.92 Å². The van der Waals surface area contributed by atoms with Crippen molar-refractivity contribution in [3.63, 3.8) is 0 Å². The molecule has 0 amide bonds. The Morgan fingerprint density at radius 1 is 1.45 bits per heavy atom. The average molecular weight is 274 g/mol. The van der Waals surface area contributed by atoms with Gasteiger partial charge in [0, 0.05) is 5.39 Å². The van der Waals surface area contributed by atoms with Gasteiger partial charge in [-0.1, -0.05) is 0 Å². The Morgan fingerprint density at radius 2 is 2.20 bits per heavy atom. The lowest BCUT2D eigenvalue weighted by Crippen LogP contribution is -2.08. The molecule has 0 bridgehead atoms. The number of carbonyl (C=O) groups is 1. The number of aryl methyl sites for hydroxylation is 1. The predicted molar refractivity (Wildman–Crippen MR) is 75.2 cm³/mol. The molecular formula is C16H18O4. The third-order valence-electron chi connectivity index (χ3n) is 3.96. The molecular weight excluding hydrogens is 256 g/mol. The summed E-state index contributed by atoms with van der Waals surface area (Å²) in [6.07, 6.45) is 2.40. The molecule has 1 N–H and O–H groups in total. The van der Waals surface area contributed by atoms with Crippen molar-refractivity contribution in [2.45, 2.75) is 32.1 Å². The number of methoxy groups -OCH3 is 1. The summed E-state index contributed by atoms with van der Waals surface area (Å²) in [7, 11) is 1.61. The van der Waals surface area contributed by atoms with Crippen LogP contribution in [0.1, 0.15) is 36.5 Å². The summed E-state index contributed by atoms with van der Waals surface area (Å²) in [5, 5.41) is 10.1. The van der Waals surface area contributed by atoms with Crippen LogP contribution in [0.2, 0.25) is 0 Å². The Morgan fingerprint density at radius 3 is 2.80 bits per heavy atom. The number of aliphatic carboxylic acids is 1. The Balaban J connectivity index is 2.07. The standard InChI is InChI=1S/C16H18O4/c1-9-5-12-6-11(7-14(19-2)16(12)20-9)13(8-15(17)18)10-3-4-10/h5-7,10,13H,3-4,8H2,1-2H3,(H,17,18). The van der Waals surface area contributed by atoms with Gasteiger partial charge in [-0.2, -0.15) is 0 Å². The van der Waals surface area contributed by atoms with Crippen LogP contribution in [0, 0.1) is 12.8 Å². The van der Waals surface area contributed by atoms with Gasteiger partial charge < -0.3 is 14.3 Å². The summed E-state index contributed by atoms with van der Waals surface area (Å²) in [6, 6.07) is 5.93. The van der Waals surface area contributed by atoms with E-state index in [-0.39, 0.29) is 12.3 Å².